The maximum atomic E-state index is 12.4. The van der Waals surface area contributed by atoms with Crippen LogP contribution in [0.3, 0.4) is 0 Å². The molecule has 8 nitrogen and oxygen atoms in total. The number of rotatable bonds is 7. The largest absolute Gasteiger partial charge is 0.493 e. The lowest BCUT2D eigenvalue weighted by Crippen LogP contribution is -2.07. The lowest BCUT2D eigenvalue weighted by molar-refractivity contribution is -0.129. The van der Waals surface area contributed by atoms with E-state index in [1.807, 2.05) is 0 Å². The van der Waals surface area contributed by atoms with Gasteiger partial charge in [0.15, 0.2) is 28.7 Å². The van der Waals surface area contributed by atoms with Crippen LogP contribution < -0.4 is 23.7 Å². The van der Waals surface area contributed by atoms with Gasteiger partial charge >= 0.3 is 5.97 Å². The second kappa shape index (κ2) is 8.55. The maximum Gasteiger partial charge on any atom is 0.363 e. The van der Waals surface area contributed by atoms with Crippen LogP contribution in [0.5, 0.6) is 28.7 Å². The standard InChI is InChI=1S/C21H21NO7/c1-24-15-8-6-7-12(18(15)27-4)9-14-21(23)29-20(22-14)13-10-16(25-2)19(28-5)17(11-13)26-3/h6-11H,1-5H3/b14-9-. The summed E-state index contributed by atoms with van der Waals surface area (Å²) in [7, 11) is 7.58. The summed E-state index contributed by atoms with van der Waals surface area (Å²) in [6.07, 6.45) is 1.58. The summed E-state index contributed by atoms with van der Waals surface area (Å²) in [5, 5.41) is 0. The van der Waals surface area contributed by atoms with Crippen molar-refractivity contribution >= 4 is 17.9 Å². The summed E-state index contributed by atoms with van der Waals surface area (Å²) in [4.78, 5) is 16.7. The van der Waals surface area contributed by atoms with Crippen LogP contribution in [-0.4, -0.2) is 47.4 Å². The van der Waals surface area contributed by atoms with Crippen LogP contribution in [0.1, 0.15) is 11.1 Å². The Balaban J connectivity index is 2.04. The Morgan fingerprint density at radius 1 is 0.828 bits per heavy atom. The number of ether oxygens (including phenoxy) is 6. The number of carbonyl (C=O) groups is 1. The van der Waals surface area contributed by atoms with Crippen LogP contribution in [0.4, 0.5) is 0 Å². The molecule has 29 heavy (non-hydrogen) atoms. The van der Waals surface area contributed by atoms with Crippen molar-refractivity contribution in [1.82, 2.24) is 0 Å². The average Bonchev–Trinajstić information content (AvgIpc) is 3.12. The van der Waals surface area contributed by atoms with Crippen LogP contribution in [0.2, 0.25) is 0 Å². The summed E-state index contributed by atoms with van der Waals surface area (Å²) in [5.74, 6) is 1.86. The quantitative estimate of drug-likeness (QED) is 0.522. The van der Waals surface area contributed by atoms with Crippen LogP contribution >= 0.6 is 0 Å². The minimum Gasteiger partial charge on any atom is -0.493 e. The molecule has 0 fully saturated rings. The first-order chi connectivity index (χ1) is 14.1. The van der Waals surface area contributed by atoms with E-state index in [0.29, 0.717) is 39.9 Å². The average molecular weight is 399 g/mol. The predicted octanol–water partition coefficient (Wildman–Crippen LogP) is 3.07. The van der Waals surface area contributed by atoms with Crippen LogP contribution in [-0.2, 0) is 9.53 Å². The molecule has 0 atom stereocenters. The van der Waals surface area contributed by atoms with E-state index in [2.05, 4.69) is 4.99 Å². The highest BCUT2D eigenvalue weighted by Crippen LogP contribution is 2.39. The van der Waals surface area contributed by atoms with E-state index >= 15 is 0 Å². The molecule has 0 amide bonds. The second-order valence-corrected chi connectivity index (χ2v) is 5.83. The molecule has 2 aromatic carbocycles. The summed E-state index contributed by atoms with van der Waals surface area (Å²) in [6.45, 7) is 0. The topological polar surface area (TPSA) is 84.8 Å². The van der Waals surface area contributed by atoms with Crippen LogP contribution in [0.25, 0.3) is 6.08 Å². The minimum absolute atomic E-state index is 0.125. The molecule has 0 bridgehead atoms. The first-order valence-corrected chi connectivity index (χ1v) is 8.60. The Morgan fingerprint density at radius 2 is 1.45 bits per heavy atom. The molecule has 0 saturated heterocycles. The zero-order valence-electron chi connectivity index (χ0n) is 16.8. The van der Waals surface area contributed by atoms with Crippen LogP contribution in [0, 0.1) is 0 Å². The first kappa shape index (κ1) is 20.1. The lowest BCUT2D eigenvalue weighted by Gasteiger charge is -2.13. The fourth-order valence-corrected chi connectivity index (χ4v) is 2.91. The fraction of sp³-hybridized carbons (Fsp3) is 0.238. The molecule has 0 aromatic heterocycles. The SMILES string of the molecule is COc1cccc(/C=C2\N=C(c3cc(OC)c(OC)c(OC)c3)OC2=O)c1OC. The van der Waals surface area contributed by atoms with E-state index in [1.54, 1.807) is 43.5 Å². The number of hydrogen-bond donors (Lipinski definition) is 0. The lowest BCUT2D eigenvalue weighted by atomic mass is 10.1. The highest BCUT2D eigenvalue weighted by molar-refractivity contribution is 6.13. The molecule has 0 radical (unpaired) electrons. The molecule has 1 heterocycles. The van der Waals surface area contributed by atoms with Crippen molar-refractivity contribution in [2.24, 2.45) is 4.99 Å². The van der Waals surface area contributed by atoms with Gasteiger partial charge in [0.05, 0.1) is 35.5 Å². The van der Waals surface area contributed by atoms with Gasteiger partial charge < -0.3 is 28.4 Å². The molecule has 0 N–H and O–H groups in total. The third kappa shape index (κ3) is 3.82. The van der Waals surface area contributed by atoms with E-state index in [9.17, 15) is 4.79 Å². The number of benzene rings is 2. The maximum absolute atomic E-state index is 12.4. The molecular formula is C21H21NO7. The molecule has 2 aromatic rings. The number of cyclic esters (lactones) is 1. The van der Waals surface area contributed by atoms with E-state index in [-0.39, 0.29) is 11.6 Å². The molecule has 0 aliphatic carbocycles. The van der Waals surface area contributed by atoms with Crippen molar-refractivity contribution in [2.45, 2.75) is 0 Å². The monoisotopic (exact) mass is 399 g/mol. The van der Waals surface area contributed by atoms with Crippen molar-refractivity contribution in [3.05, 3.63) is 47.2 Å². The molecule has 0 saturated carbocycles. The number of para-hydroxylation sites is 1. The summed E-state index contributed by atoms with van der Waals surface area (Å²) in [5.41, 5.74) is 1.27. The molecule has 3 rings (SSSR count). The Bertz CT molecular complexity index is 970. The van der Waals surface area contributed by atoms with E-state index in [4.69, 9.17) is 28.4 Å². The van der Waals surface area contributed by atoms with Crippen molar-refractivity contribution in [3.63, 3.8) is 0 Å². The molecule has 8 heteroatoms. The van der Waals surface area contributed by atoms with Gasteiger partial charge in [-0.05, 0) is 24.3 Å². The van der Waals surface area contributed by atoms with Crippen molar-refractivity contribution in [1.29, 1.82) is 0 Å². The van der Waals surface area contributed by atoms with Crippen LogP contribution in [0.15, 0.2) is 41.0 Å². The van der Waals surface area contributed by atoms with Crippen molar-refractivity contribution in [3.8, 4) is 28.7 Å². The predicted molar refractivity (Wildman–Crippen MR) is 106 cm³/mol. The van der Waals surface area contributed by atoms with E-state index < -0.39 is 5.97 Å². The van der Waals surface area contributed by atoms with E-state index in [1.165, 1.54) is 28.4 Å². The Kier molecular flexibility index (Phi) is 5.92. The summed E-state index contributed by atoms with van der Waals surface area (Å²) < 4.78 is 32.0. The number of esters is 1. The third-order valence-electron chi connectivity index (χ3n) is 4.26. The number of hydrogen-bond acceptors (Lipinski definition) is 8. The van der Waals surface area contributed by atoms with Gasteiger partial charge in [-0.1, -0.05) is 12.1 Å². The van der Waals surface area contributed by atoms with Gasteiger partial charge in [-0.3, -0.25) is 0 Å². The first-order valence-electron chi connectivity index (χ1n) is 8.60. The van der Waals surface area contributed by atoms with Crippen molar-refractivity contribution in [2.75, 3.05) is 35.5 Å². The zero-order valence-corrected chi connectivity index (χ0v) is 16.8. The molecule has 152 valence electrons. The summed E-state index contributed by atoms with van der Waals surface area (Å²) >= 11 is 0. The minimum atomic E-state index is -0.585. The molecule has 0 unspecified atom stereocenters. The molecule has 1 aliphatic rings. The third-order valence-corrected chi connectivity index (χ3v) is 4.26. The highest BCUT2D eigenvalue weighted by atomic mass is 16.6. The normalized spacial score (nSPS) is 14.3. The molecule has 0 spiro atoms. The Labute approximate surface area is 168 Å². The van der Waals surface area contributed by atoms with Crippen molar-refractivity contribution < 1.29 is 33.2 Å². The van der Waals surface area contributed by atoms with E-state index in [0.717, 1.165) is 0 Å². The number of methoxy groups -OCH3 is 5. The fourth-order valence-electron chi connectivity index (χ4n) is 2.91. The Morgan fingerprint density at radius 3 is 2.00 bits per heavy atom. The van der Waals surface area contributed by atoms with Gasteiger partial charge in [0.25, 0.3) is 0 Å². The van der Waals surface area contributed by atoms with Gasteiger partial charge in [0.2, 0.25) is 11.6 Å². The van der Waals surface area contributed by atoms with Gasteiger partial charge in [-0.25, -0.2) is 9.79 Å². The second-order valence-electron chi connectivity index (χ2n) is 5.83. The van der Waals surface area contributed by atoms with Gasteiger partial charge in [-0.15, -0.1) is 0 Å². The number of carbonyl (C=O) groups excluding carboxylic acids is 1. The Hall–Kier alpha value is -3.68. The smallest absolute Gasteiger partial charge is 0.363 e. The van der Waals surface area contributed by atoms with Gasteiger partial charge in [0.1, 0.15) is 0 Å². The molecular weight excluding hydrogens is 378 g/mol. The molecule has 1 aliphatic heterocycles. The van der Waals surface area contributed by atoms with Gasteiger partial charge in [-0.2, -0.15) is 0 Å². The highest BCUT2D eigenvalue weighted by Gasteiger charge is 2.27. The number of nitrogens with zero attached hydrogens (tertiary/aromatic N) is 1. The van der Waals surface area contributed by atoms with Gasteiger partial charge in [0, 0.05) is 11.1 Å². The number of aliphatic imine (C=N–C) groups is 1. The summed E-state index contributed by atoms with van der Waals surface area (Å²) in [6, 6.07) is 8.65. The zero-order chi connectivity index (χ0) is 21.0.